The number of rotatable bonds is 5. The van der Waals surface area contributed by atoms with Gasteiger partial charge in [0, 0.05) is 6.54 Å². The average molecular weight is 221 g/mol. The van der Waals surface area contributed by atoms with Crippen LogP contribution >= 0.6 is 0 Å². The Morgan fingerprint density at radius 2 is 2.12 bits per heavy atom. The molecule has 0 radical (unpaired) electrons. The number of para-hydroxylation sites is 2. The van der Waals surface area contributed by atoms with Crippen LogP contribution in [0.3, 0.4) is 0 Å². The molecule has 0 aliphatic carbocycles. The third-order valence-corrected chi connectivity index (χ3v) is 2.65. The Morgan fingerprint density at radius 1 is 1.31 bits per heavy atom. The molecule has 1 atom stereocenters. The Labute approximate surface area is 96.8 Å². The molecule has 0 bridgehead atoms. The van der Waals surface area contributed by atoms with Crippen LogP contribution in [0.1, 0.15) is 19.8 Å². The number of unbranched alkanes of at least 4 members (excludes halogenated alkanes) is 1. The summed E-state index contributed by atoms with van der Waals surface area (Å²) in [4.78, 5) is 0. The number of nitrogens with one attached hydrogen (secondary N) is 1. The molecule has 0 fully saturated rings. The highest BCUT2D eigenvalue weighted by Gasteiger charge is 2.19. The van der Waals surface area contributed by atoms with E-state index in [9.17, 15) is 0 Å². The summed E-state index contributed by atoms with van der Waals surface area (Å²) in [5, 5.41) is 3.38. The average Bonchev–Trinajstić information content (AvgIpc) is 2.34. The standard InChI is InChI=1S/C13H19NO2/c1-2-3-8-14-9-11-10-15-12-6-4-5-7-13(12)16-11/h4-7,11,14H,2-3,8-10H2,1H3/t11-/m1/s1. The molecule has 88 valence electrons. The topological polar surface area (TPSA) is 30.5 Å². The van der Waals surface area contributed by atoms with Crippen LogP contribution in [0.25, 0.3) is 0 Å². The number of ether oxygens (including phenoxy) is 2. The molecule has 1 aliphatic heterocycles. The first-order valence-corrected chi connectivity index (χ1v) is 5.99. The summed E-state index contributed by atoms with van der Waals surface area (Å²) < 4.78 is 11.5. The maximum Gasteiger partial charge on any atom is 0.161 e. The highest BCUT2D eigenvalue weighted by Crippen LogP contribution is 2.30. The van der Waals surface area contributed by atoms with Crippen molar-refractivity contribution in [3.05, 3.63) is 24.3 Å². The van der Waals surface area contributed by atoms with Gasteiger partial charge in [-0.2, -0.15) is 0 Å². The molecular weight excluding hydrogens is 202 g/mol. The third-order valence-electron chi connectivity index (χ3n) is 2.65. The molecule has 1 aromatic carbocycles. The molecule has 0 spiro atoms. The monoisotopic (exact) mass is 221 g/mol. The van der Waals surface area contributed by atoms with Gasteiger partial charge >= 0.3 is 0 Å². The van der Waals surface area contributed by atoms with Crippen LogP contribution < -0.4 is 14.8 Å². The summed E-state index contributed by atoms with van der Waals surface area (Å²) in [5.74, 6) is 1.71. The second kappa shape index (κ2) is 5.75. The minimum absolute atomic E-state index is 0.131. The lowest BCUT2D eigenvalue weighted by Crippen LogP contribution is -2.38. The van der Waals surface area contributed by atoms with Gasteiger partial charge in [-0.05, 0) is 25.1 Å². The molecule has 3 nitrogen and oxygen atoms in total. The Morgan fingerprint density at radius 3 is 2.94 bits per heavy atom. The molecule has 16 heavy (non-hydrogen) atoms. The molecule has 1 heterocycles. The zero-order valence-corrected chi connectivity index (χ0v) is 9.74. The smallest absolute Gasteiger partial charge is 0.161 e. The van der Waals surface area contributed by atoms with Crippen LogP contribution in [0.4, 0.5) is 0 Å². The van der Waals surface area contributed by atoms with Crippen LogP contribution in [0, 0.1) is 0 Å². The first-order chi connectivity index (χ1) is 7.90. The van der Waals surface area contributed by atoms with Crippen LogP contribution in [0.15, 0.2) is 24.3 Å². The van der Waals surface area contributed by atoms with Crippen molar-refractivity contribution in [2.75, 3.05) is 19.7 Å². The second-order valence-electron chi connectivity index (χ2n) is 4.06. The normalized spacial score (nSPS) is 18.4. The molecule has 0 unspecified atom stereocenters. The maximum atomic E-state index is 5.82. The number of hydrogen-bond acceptors (Lipinski definition) is 3. The predicted molar refractivity (Wildman–Crippen MR) is 64.1 cm³/mol. The summed E-state index contributed by atoms with van der Waals surface area (Å²) in [6.45, 7) is 4.74. The van der Waals surface area contributed by atoms with E-state index in [4.69, 9.17) is 9.47 Å². The van der Waals surface area contributed by atoms with Gasteiger partial charge in [-0.15, -0.1) is 0 Å². The first kappa shape index (κ1) is 11.3. The lowest BCUT2D eigenvalue weighted by Gasteiger charge is -2.26. The van der Waals surface area contributed by atoms with Gasteiger partial charge < -0.3 is 14.8 Å². The van der Waals surface area contributed by atoms with Crippen molar-refractivity contribution < 1.29 is 9.47 Å². The quantitative estimate of drug-likeness (QED) is 0.773. The molecule has 1 N–H and O–H groups in total. The zero-order valence-electron chi connectivity index (χ0n) is 9.74. The van der Waals surface area contributed by atoms with Gasteiger partial charge in [0.1, 0.15) is 12.7 Å². The van der Waals surface area contributed by atoms with Gasteiger partial charge in [-0.3, -0.25) is 0 Å². The van der Waals surface area contributed by atoms with Gasteiger partial charge in [0.25, 0.3) is 0 Å². The molecule has 1 aliphatic rings. The lowest BCUT2D eigenvalue weighted by atomic mass is 10.2. The van der Waals surface area contributed by atoms with Gasteiger partial charge in [-0.25, -0.2) is 0 Å². The van der Waals surface area contributed by atoms with E-state index in [1.165, 1.54) is 12.8 Å². The molecule has 0 saturated carbocycles. The fraction of sp³-hybridized carbons (Fsp3) is 0.538. The van der Waals surface area contributed by atoms with Gasteiger partial charge in [0.15, 0.2) is 11.5 Å². The van der Waals surface area contributed by atoms with Crippen LogP contribution in [-0.4, -0.2) is 25.8 Å². The van der Waals surface area contributed by atoms with E-state index in [1.54, 1.807) is 0 Å². The van der Waals surface area contributed by atoms with Crippen molar-refractivity contribution in [1.29, 1.82) is 0 Å². The first-order valence-electron chi connectivity index (χ1n) is 5.99. The highest BCUT2D eigenvalue weighted by molar-refractivity contribution is 5.40. The van der Waals surface area contributed by atoms with Crippen LogP contribution in [-0.2, 0) is 0 Å². The van der Waals surface area contributed by atoms with Crippen molar-refractivity contribution in [2.45, 2.75) is 25.9 Å². The number of hydrogen-bond donors (Lipinski definition) is 1. The number of fused-ring (bicyclic) bond motifs is 1. The molecule has 1 aromatic rings. The minimum atomic E-state index is 0.131. The van der Waals surface area contributed by atoms with Crippen LogP contribution in [0.2, 0.25) is 0 Å². The highest BCUT2D eigenvalue weighted by atomic mass is 16.6. The Hall–Kier alpha value is -1.22. The van der Waals surface area contributed by atoms with Crippen molar-refractivity contribution >= 4 is 0 Å². The summed E-state index contributed by atoms with van der Waals surface area (Å²) >= 11 is 0. The third kappa shape index (κ3) is 2.89. The summed E-state index contributed by atoms with van der Waals surface area (Å²) in [6.07, 6.45) is 2.56. The van der Waals surface area contributed by atoms with Crippen molar-refractivity contribution in [1.82, 2.24) is 5.32 Å². The molecule has 0 amide bonds. The van der Waals surface area contributed by atoms with E-state index < -0.39 is 0 Å². The second-order valence-corrected chi connectivity index (χ2v) is 4.06. The summed E-state index contributed by atoms with van der Waals surface area (Å²) in [7, 11) is 0. The summed E-state index contributed by atoms with van der Waals surface area (Å²) in [6, 6.07) is 7.82. The largest absolute Gasteiger partial charge is 0.486 e. The molecule has 0 saturated heterocycles. The number of benzene rings is 1. The molecule has 3 heteroatoms. The van der Waals surface area contributed by atoms with E-state index in [2.05, 4.69) is 12.2 Å². The molecular formula is C13H19NO2. The fourth-order valence-corrected chi connectivity index (χ4v) is 1.73. The maximum absolute atomic E-state index is 5.82. The Bertz CT molecular complexity index is 327. The van der Waals surface area contributed by atoms with Crippen molar-refractivity contribution in [2.24, 2.45) is 0 Å². The van der Waals surface area contributed by atoms with Gasteiger partial charge in [-0.1, -0.05) is 25.5 Å². The Balaban J connectivity index is 1.79. The lowest BCUT2D eigenvalue weighted by molar-refractivity contribution is 0.0905. The van der Waals surface area contributed by atoms with Crippen molar-refractivity contribution in [3.8, 4) is 11.5 Å². The van der Waals surface area contributed by atoms with E-state index >= 15 is 0 Å². The Kier molecular flexibility index (Phi) is 4.05. The van der Waals surface area contributed by atoms with Crippen molar-refractivity contribution in [3.63, 3.8) is 0 Å². The zero-order chi connectivity index (χ0) is 11.2. The molecule has 2 rings (SSSR count). The van der Waals surface area contributed by atoms with Gasteiger partial charge in [0.2, 0.25) is 0 Å². The minimum Gasteiger partial charge on any atom is -0.486 e. The summed E-state index contributed by atoms with van der Waals surface area (Å²) in [5.41, 5.74) is 0. The van der Waals surface area contributed by atoms with E-state index in [0.29, 0.717) is 6.61 Å². The fourth-order valence-electron chi connectivity index (χ4n) is 1.73. The predicted octanol–water partition coefficient (Wildman–Crippen LogP) is 2.22. The van der Waals surface area contributed by atoms with Gasteiger partial charge in [0.05, 0.1) is 0 Å². The van der Waals surface area contributed by atoms with Crippen LogP contribution in [0.5, 0.6) is 11.5 Å². The molecule has 0 aromatic heterocycles. The van der Waals surface area contributed by atoms with E-state index in [1.807, 2.05) is 24.3 Å². The SMILES string of the molecule is CCCCNC[C@@H]1COc2ccccc2O1. The van der Waals surface area contributed by atoms with E-state index in [0.717, 1.165) is 24.6 Å². The van der Waals surface area contributed by atoms with E-state index in [-0.39, 0.29) is 6.10 Å².